The van der Waals surface area contributed by atoms with Crippen molar-refractivity contribution >= 4 is 17.5 Å². The molecule has 1 unspecified atom stereocenters. The molecule has 3 rings (SSSR count). The number of phenolic OH excluding ortho intramolecular Hbond substituents is 1. The zero-order valence-corrected chi connectivity index (χ0v) is 13.1. The van der Waals surface area contributed by atoms with Gasteiger partial charge in [0.15, 0.2) is 17.3 Å². The fourth-order valence-corrected chi connectivity index (χ4v) is 2.91. The fraction of sp³-hybridized carbons (Fsp3) is 0.312. The van der Waals surface area contributed by atoms with Gasteiger partial charge in [0.05, 0.1) is 25.3 Å². The Bertz CT molecular complexity index is 831. The number of ether oxygens (including phenoxy) is 3. The molecule has 24 heavy (non-hydrogen) atoms. The van der Waals surface area contributed by atoms with Crippen LogP contribution in [0.1, 0.15) is 34.1 Å². The van der Waals surface area contributed by atoms with E-state index in [1.54, 1.807) is 0 Å². The van der Waals surface area contributed by atoms with Crippen molar-refractivity contribution in [3.63, 3.8) is 0 Å². The Kier molecular flexibility index (Phi) is 3.38. The van der Waals surface area contributed by atoms with E-state index in [9.17, 15) is 24.6 Å². The minimum absolute atomic E-state index is 0.0188. The lowest BCUT2D eigenvalue weighted by Gasteiger charge is -2.33. The molecule has 2 N–H and O–H groups in total. The van der Waals surface area contributed by atoms with Crippen LogP contribution >= 0.6 is 0 Å². The zero-order chi connectivity index (χ0) is 17.8. The number of benzene rings is 1. The third kappa shape index (κ3) is 2.07. The third-order valence-electron chi connectivity index (χ3n) is 3.95. The van der Waals surface area contributed by atoms with Gasteiger partial charge in [0, 0.05) is 25.0 Å². The van der Waals surface area contributed by atoms with Crippen LogP contribution in [-0.4, -0.2) is 47.8 Å². The van der Waals surface area contributed by atoms with Crippen LogP contribution in [0.5, 0.6) is 17.2 Å². The molecule has 0 saturated heterocycles. The van der Waals surface area contributed by atoms with Crippen LogP contribution in [0.15, 0.2) is 17.2 Å². The maximum Gasteiger partial charge on any atom is 0.345 e. The third-order valence-corrected chi connectivity index (χ3v) is 3.95. The van der Waals surface area contributed by atoms with Gasteiger partial charge in [0.1, 0.15) is 11.3 Å². The van der Waals surface area contributed by atoms with Crippen molar-refractivity contribution in [2.45, 2.75) is 19.1 Å². The van der Waals surface area contributed by atoms with E-state index in [1.165, 1.54) is 27.2 Å². The second-order valence-electron chi connectivity index (χ2n) is 5.63. The lowest BCUT2D eigenvalue weighted by molar-refractivity contribution is -0.200. The van der Waals surface area contributed by atoms with Crippen LogP contribution in [0.3, 0.4) is 0 Å². The summed E-state index contributed by atoms with van der Waals surface area (Å²) in [6.07, 6.45) is -0.364. The standard InChI is InChI=1S/C16H14O8/c1-16(21)5-6-9(15(20)24-16)14(19)10-7(22-2)4-8(23-3)13(18)11(10)12(6)17/h4,18,21H,5H2,1-3H3. The number of esters is 1. The van der Waals surface area contributed by atoms with Gasteiger partial charge in [-0.05, 0) is 0 Å². The Morgan fingerprint density at radius 1 is 1.08 bits per heavy atom. The molecule has 8 heteroatoms. The summed E-state index contributed by atoms with van der Waals surface area (Å²) in [6.45, 7) is 1.20. The fourth-order valence-electron chi connectivity index (χ4n) is 2.91. The minimum Gasteiger partial charge on any atom is -0.504 e. The van der Waals surface area contributed by atoms with E-state index in [-0.39, 0.29) is 34.6 Å². The molecule has 1 heterocycles. The van der Waals surface area contributed by atoms with E-state index < -0.39 is 34.6 Å². The number of fused-ring (bicyclic) bond motifs is 1. The van der Waals surface area contributed by atoms with Crippen molar-refractivity contribution in [1.29, 1.82) is 0 Å². The Hall–Kier alpha value is -2.87. The summed E-state index contributed by atoms with van der Waals surface area (Å²) in [5, 5.41) is 20.2. The zero-order valence-electron chi connectivity index (χ0n) is 13.1. The van der Waals surface area contributed by atoms with Gasteiger partial charge in [-0.3, -0.25) is 9.59 Å². The summed E-state index contributed by atoms with van der Waals surface area (Å²) in [4.78, 5) is 37.6. The molecule has 0 aromatic heterocycles. The molecule has 2 aliphatic rings. The van der Waals surface area contributed by atoms with E-state index in [4.69, 9.17) is 14.2 Å². The number of cyclic esters (lactones) is 1. The topological polar surface area (TPSA) is 119 Å². The smallest absolute Gasteiger partial charge is 0.345 e. The number of rotatable bonds is 2. The highest BCUT2D eigenvalue weighted by Crippen LogP contribution is 2.46. The van der Waals surface area contributed by atoms with Crippen LogP contribution in [0, 0.1) is 0 Å². The SMILES string of the molecule is COc1cc(OC)c2c(c1O)C(=O)C1=C(C(=O)OC(C)(O)C1)C2=O. The van der Waals surface area contributed by atoms with Crippen LogP contribution in [0.25, 0.3) is 0 Å². The van der Waals surface area contributed by atoms with E-state index in [2.05, 4.69) is 0 Å². The lowest BCUT2D eigenvalue weighted by Crippen LogP contribution is -2.42. The highest BCUT2D eigenvalue weighted by molar-refractivity contribution is 6.37. The van der Waals surface area contributed by atoms with E-state index in [0.717, 1.165) is 0 Å². The summed E-state index contributed by atoms with van der Waals surface area (Å²) in [6, 6.07) is 1.25. The monoisotopic (exact) mass is 334 g/mol. The van der Waals surface area contributed by atoms with Crippen LogP contribution in [-0.2, 0) is 9.53 Å². The maximum absolute atomic E-state index is 12.8. The van der Waals surface area contributed by atoms with Crippen LogP contribution in [0.4, 0.5) is 0 Å². The Balaban J connectivity index is 2.32. The van der Waals surface area contributed by atoms with E-state index in [1.807, 2.05) is 0 Å². The molecular weight excluding hydrogens is 320 g/mol. The van der Waals surface area contributed by atoms with Gasteiger partial charge in [-0.25, -0.2) is 4.79 Å². The number of hydrogen-bond acceptors (Lipinski definition) is 8. The predicted octanol–water partition coefficient (Wildman–Crippen LogP) is 0.740. The van der Waals surface area contributed by atoms with Crippen molar-refractivity contribution in [3.05, 3.63) is 28.3 Å². The molecule has 0 amide bonds. The highest BCUT2D eigenvalue weighted by atomic mass is 16.7. The average Bonchev–Trinajstić information content (AvgIpc) is 2.50. The van der Waals surface area contributed by atoms with Gasteiger partial charge in [-0.1, -0.05) is 0 Å². The Morgan fingerprint density at radius 2 is 1.71 bits per heavy atom. The number of carbonyl (C=O) groups excluding carboxylic acids is 3. The van der Waals surface area contributed by atoms with Crippen molar-refractivity contribution in [2.75, 3.05) is 14.2 Å². The van der Waals surface area contributed by atoms with Gasteiger partial charge in [-0.15, -0.1) is 0 Å². The Morgan fingerprint density at radius 3 is 2.29 bits per heavy atom. The largest absolute Gasteiger partial charge is 0.504 e. The first-order valence-corrected chi connectivity index (χ1v) is 6.98. The maximum atomic E-state index is 12.8. The van der Waals surface area contributed by atoms with E-state index in [0.29, 0.717) is 0 Å². The molecule has 0 radical (unpaired) electrons. The van der Waals surface area contributed by atoms with Gasteiger partial charge < -0.3 is 24.4 Å². The summed E-state index contributed by atoms with van der Waals surface area (Å²) in [7, 11) is 2.56. The van der Waals surface area contributed by atoms with Crippen molar-refractivity contribution < 1.29 is 38.8 Å². The van der Waals surface area contributed by atoms with Gasteiger partial charge in [0.25, 0.3) is 0 Å². The lowest BCUT2D eigenvalue weighted by atomic mass is 9.79. The molecule has 0 saturated carbocycles. The molecule has 0 bridgehead atoms. The molecule has 1 atom stereocenters. The van der Waals surface area contributed by atoms with Gasteiger partial charge >= 0.3 is 5.97 Å². The van der Waals surface area contributed by atoms with Crippen LogP contribution in [0.2, 0.25) is 0 Å². The molecule has 1 aromatic carbocycles. The number of aromatic hydroxyl groups is 1. The first-order valence-electron chi connectivity index (χ1n) is 6.98. The summed E-state index contributed by atoms with van der Waals surface area (Å²) < 4.78 is 14.9. The molecule has 8 nitrogen and oxygen atoms in total. The van der Waals surface area contributed by atoms with Crippen molar-refractivity contribution in [1.82, 2.24) is 0 Å². The quantitative estimate of drug-likeness (QED) is 0.600. The predicted molar refractivity (Wildman–Crippen MR) is 78.2 cm³/mol. The number of methoxy groups -OCH3 is 2. The first kappa shape index (κ1) is 16.0. The number of carbonyl (C=O) groups is 3. The minimum atomic E-state index is -1.91. The molecule has 1 aromatic rings. The summed E-state index contributed by atoms with van der Waals surface area (Å²) in [5.41, 5.74) is -1.22. The van der Waals surface area contributed by atoms with Crippen molar-refractivity contribution in [3.8, 4) is 17.2 Å². The van der Waals surface area contributed by atoms with E-state index >= 15 is 0 Å². The summed E-state index contributed by atoms with van der Waals surface area (Å²) in [5.74, 6) is -5.18. The number of phenols is 1. The molecular formula is C16H14O8. The van der Waals surface area contributed by atoms with Gasteiger partial charge in [0.2, 0.25) is 11.6 Å². The highest BCUT2D eigenvalue weighted by Gasteiger charge is 2.47. The molecule has 126 valence electrons. The number of ketones is 2. The van der Waals surface area contributed by atoms with Crippen molar-refractivity contribution in [2.24, 2.45) is 0 Å². The summed E-state index contributed by atoms with van der Waals surface area (Å²) >= 11 is 0. The molecule has 1 aliphatic carbocycles. The number of hydrogen-bond donors (Lipinski definition) is 2. The normalized spacial score (nSPS) is 22.8. The average molecular weight is 334 g/mol. The van der Waals surface area contributed by atoms with Crippen LogP contribution < -0.4 is 9.47 Å². The first-order chi connectivity index (χ1) is 11.2. The second kappa shape index (κ2) is 5.07. The number of Topliss-reactive ketones (excluding diaryl/α,β-unsaturated/α-hetero) is 2. The number of aliphatic hydroxyl groups is 1. The second-order valence-corrected chi connectivity index (χ2v) is 5.63. The molecule has 1 aliphatic heterocycles. The van der Waals surface area contributed by atoms with Gasteiger partial charge in [-0.2, -0.15) is 0 Å². The molecule has 0 fully saturated rings. The Labute approximate surface area is 136 Å². The molecule has 0 spiro atoms.